The van der Waals surface area contributed by atoms with Crippen molar-refractivity contribution in [2.45, 2.75) is 19.9 Å². The zero-order valence-corrected chi connectivity index (χ0v) is 14.4. The third-order valence-electron chi connectivity index (χ3n) is 4.50. The molecule has 3 rings (SSSR count). The molecule has 2 aliphatic heterocycles. The molecule has 1 N–H and O–H groups in total. The van der Waals surface area contributed by atoms with Gasteiger partial charge in [-0.15, -0.1) is 0 Å². The van der Waals surface area contributed by atoms with Gasteiger partial charge >= 0.3 is 0 Å². The molecule has 2 aliphatic rings. The molecule has 2 heterocycles. The lowest BCUT2D eigenvalue weighted by Gasteiger charge is -2.36. The molecule has 1 atom stereocenters. The SMILES string of the molecule is CNC(=O)C1c2c(OC)ccc3c2C(=CC(C)(C)CO3)CN1C. The quantitative estimate of drug-likeness (QED) is 0.909. The summed E-state index contributed by atoms with van der Waals surface area (Å²) in [4.78, 5) is 14.5. The van der Waals surface area contributed by atoms with Gasteiger partial charge in [0, 0.05) is 30.1 Å². The molecule has 5 heteroatoms. The molecule has 23 heavy (non-hydrogen) atoms. The predicted octanol–water partition coefficient (Wildman–Crippen LogP) is 2.23. The second-order valence-electron chi connectivity index (χ2n) is 6.93. The summed E-state index contributed by atoms with van der Waals surface area (Å²) in [6.07, 6.45) is 2.26. The standard InChI is InChI=1S/C18H24N2O3/c1-18(2)8-11-9-20(4)16(17(21)19-3)15-12(22-5)6-7-13(14(11)15)23-10-18/h6-8,16H,9-10H2,1-5H3,(H,19,21). The molecule has 0 saturated heterocycles. The number of nitrogens with one attached hydrogen (secondary N) is 1. The van der Waals surface area contributed by atoms with Gasteiger partial charge in [-0.2, -0.15) is 0 Å². The van der Waals surface area contributed by atoms with Crippen LogP contribution in [0.15, 0.2) is 18.2 Å². The average Bonchev–Trinajstić information content (AvgIpc) is 2.63. The van der Waals surface area contributed by atoms with Crippen LogP contribution in [-0.2, 0) is 4.79 Å². The van der Waals surface area contributed by atoms with Crippen LogP contribution >= 0.6 is 0 Å². The Bertz CT molecular complexity index is 679. The summed E-state index contributed by atoms with van der Waals surface area (Å²) in [6, 6.07) is 3.45. The van der Waals surface area contributed by atoms with E-state index in [1.807, 2.05) is 19.2 Å². The number of carbonyl (C=O) groups excluding carboxylic acids is 1. The molecule has 1 aromatic rings. The Morgan fingerprint density at radius 2 is 2.17 bits per heavy atom. The molecule has 0 bridgehead atoms. The zero-order chi connectivity index (χ0) is 16.8. The van der Waals surface area contributed by atoms with Crippen molar-refractivity contribution in [1.29, 1.82) is 0 Å². The third-order valence-corrected chi connectivity index (χ3v) is 4.50. The predicted molar refractivity (Wildman–Crippen MR) is 89.7 cm³/mol. The van der Waals surface area contributed by atoms with Crippen molar-refractivity contribution in [3.8, 4) is 11.5 Å². The third kappa shape index (κ3) is 2.59. The van der Waals surface area contributed by atoms with E-state index >= 15 is 0 Å². The smallest absolute Gasteiger partial charge is 0.241 e. The number of benzene rings is 1. The first-order chi connectivity index (χ1) is 10.9. The van der Waals surface area contributed by atoms with Crippen molar-refractivity contribution in [3.05, 3.63) is 29.3 Å². The molecule has 1 amide bonds. The van der Waals surface area contributed by atoms with Gasteiger partial charge in [0.25, 0.3) is 0 Å². The number of methoxy groups -OCH3 is 1. The highest BCUT2D eigenvalue weighted by molar-refractivity contribution is 5.90. The molecule has 0 spiro atoms. The zero-order valence-electron chi connectivity index (χ0n) is 14.4. The van der Waals surface area contributed by atoms with E-state index < -0.39 is 0 Å². The van der Waals surface area contributed by atoms with E-state index in [1.165, 1.54) is 5.57 Å². The van der Waals surface area contributed by atoms with Gasteiger partial charge < -0.3 is 14.8 Å². The molecule has 1 aromatic carbocycles. The fourth-order valence-corrected chi connectivity index (χ4v) is 3.50. The first-order valence-corrected chi connectivity index (χ1v) is 7.85. The maximum absolute atomic E-state index is 12.5. The number of hydrogen-bond acceptors (Lipinski definition) is 4. The van der Waals surface area contributed by atoms with Crippen LogP contribution in [0.3, 0.4) is 0 Å². The molecule has 0 aliphatic carbocycles. The lowest BCUT2D eigenvalue weighted by molar-refractivity contribution is -0.125. The number of carbonyl (C=O) groups is 1. The maximum Gasteiger partial charge on any atom is 0.241 e. The van der Waals surface area contributed by atoms with Crippen molar-refractivity contribution in [3.63, 3.8) is 0 Å². The molecule has 0 fully saturated rings. The normalized spacial score (nSPS) is 22.3. The van der Waals surface area contributed by atoms with Crippen molar-refractivity contribution >= 4 is 11.5 Å². The Kier molecular flexibility index (Phi) is 3.84. The number of rotatable bonds is 2. The van der Waals surface area contributed by atoms with E-state index in [0.29, 0.717) is 13.2 Å². The highest BCUT2D eigenvalue weighted by Gasteiger charge is 2.39. The highest BCUT2D eigenvalue weighted by atomic mass is 16.5. The number of hydrogen-bond donors (Lipinski definition) is 1. The van der Waals surface area contributed by atoms with Crippen molar-refractivity contribution in [2.24, 2.45) is 5.41 Å². The summed E-state index contributed by atoms with van der Waals surface area (Å²) in [5, 5.41) is 2.76. The highest BCUT2D eigenvalue weighted by Crippen LogP contribution is 2.47. The van der Waals surface area contributed by atoms with Gasteiger partial charge in [-0.05, 0) is 24.8 Å². The summed E-state index contributed by atoms with van der Waals surface area (Å²) in [7, 11) is 5.27. The van der Waals surface area contributed by atoms with Gasteiger partial charge in [0.1, 0.15) is 17.5 Å². The van der Waals surface area contributed by atoms with Crippen LogP contribution in [-0.4, -0.2) is 45.2 Å². The van der Waals surface area contributed by atoms with Crippen LogP contribution < -0.4 is 14.8 Å². The summed E-state index contributed by atoms with van der Waals surface area (Å²) in [6.45, 7) is 5.64. The minimum atomic E-state index is -0.383. The van der Waals surface area contributed by atoms with E-state index in [1.54, 1.807) is 14.2 Å². The minimum Gasteiger partial charge on any atom is -0.496 e. The van der Waals surface area contributed by atoms with Crippen LogP contribution in [0.4, 0.5) is 0 Å². The van der Waals surface area contributed by atoms with Gasteiger partial charge in [0.2, 0.25) is 5.91 Å². The average molecular weight is 316 g/mol. The molecule has 0 saturated carbocycles. The van der Waals surface area contributed by atoms with Crippen molar-refractivity contribution < 1.29 is 14.3 Å². The van der Waals surface area contributed by atoms with Crippen LogP contribution in [0.5, 0.6) is 11.5 Å². The number of likely N-dealkylation sites (N-methyl/N-ethyl adjacent to an activating group) is 2. The molecule has 1 unspecified atom stereocenters. The van der Waals surface area contributed by atoms with E-state index in [4.69, 9.17) is 9.47 Å². The number of amides is 1. The van der Waals surface area contributed by atoms with Gasteiger partial charge in [-0.3, -0.25) is 9.69 Å². The number of ether oxygens (including phenoxy) is 2. The molecular weight excluding hydrogens is 292 g/mol. The van der Waals surface area contributed by atoms with Gasteiger partial charge in [0.05, 0.1) is 13.7 Å². The fourth-order valence-electron chi connectivity index (χ4n) is 3.50. The Morgan fingerprint density at radius 3 is 2.83 bits per heavy atom. The van der Waals surface area contributed by atoms with Crippen LogP contribution in [0.25, 0.3) is 5.57 Å². The Hall–Kier alpha value is -2.01. The van der Waals surface area contributed by atoms with Gasteiger partial charge in [-0.25, -0.2) is 0 Å². The summed E-state index contributed by atoms with van der Waals surface area (Å²) in [5.74, 6) is 1.51. The van der Waals surface area contributed by atoms with Crippen molar-refractivity contribution in [2.75, 3.05) is 34.4 Å². The first kappa shape index (κ1) is 15.9. The van der Waals surface area contributed by atoms with E-state index in [2.05, 4.69) is 30.1 Å². The summed E-state index contributed by atoms with van der Waals surface area (Å²) in [5.41, 5.74) is 3.04. The minimum absolute atomic E-state index is 0.0400. The molecule has 0 radical (unpaired) electrons. The van der Waals surface area contributed by atoms with Crippen molar-refractivity contribution in [1.82, 2.24) is 10.2 Å². The van der Waals surface area contributed by atoms with Crippen LogP contribution in [0.2, 0.25) is 0 Å². The van der Waals surface area contributed by atoms with E-state index in [9.17, 15) is 4.79 Å². The number of nitrogens with zero attached hydrogens (tertiary/aromatic N) is 1. The second kappa shape index (κ2) is 5.57. The molecular formula is C18H24N2O3. The molecule has 5 nitrogen and oxygen atoms in total. The topological polar surface area (TPSA) is 50.8 Å². The second-order valence-corrected chi connectivity index (χ2v) is 6.93. The fraction of sp³-hybridized carbons (Fsp3) is 0.500. The summed E-state index contributed by atoms with van der Waals surface area (Å²) >= 11 is 0. The van der Waals surface area contributed by atoms with E-state index in [0.717, 1.165) is 22.6 Å². The monoisotopic (exact) mass is 316 g/mol. The van der Waals surface area contributed by atoms with Gasteiger partial charge in [0.15, 0.2) is 0 Å². The van der Waals surface area contributed by atoms with E-state index in [-0.39, 0.29) is 17.4 Å². The Balaban J connectivity index is 2.29. The Labute approximate surface area is 137 Å². The van der Waals surface area contributed by atoms with Gasteiger partial charge in [-0.1, -0.05) is 19.9 Å². The molecule has 124 valence electrons. The summed E-state index contributed by atoms with van der Waals surface area (Å²) < 4.78 is 11.6. The molecule has 0 aromatic heterocycles. The lowest BCUT2D eigenvalue weighted by Crippen LogP contribution is -2.41. The Morgan fingerprint density at radius 1 is 1.43 bits per heavy atom. The first-order valence-electron chi connectivity index (χ1n) is 7.85. The van der Waals surface area contributed by atoms with Crippen LogP contribution in [0, 0.1) is 5.41 Å². The lowest BCUT2D eigenvalue weighted by atomic mass is 9.84. The largest absolute Gasteiger partial charge is 0.496 e. The maximum atomic E-state index is 12.5. The van der Waals surface area contributed by atoms with Crippen LogP contribution in [0.1, 0.15) is 31.0 Å².